The summed E-state index contributed by atoms with van der Waals surface area (Å²) in [5.41, 5.74) is 5.59. The topological polar surface area (TPSA) is 87.5 Å². The number of piperidine rings is 1. The molecule has 1 aromatic rings. The van der Waals surface area contributed by atoms with Gasteiger partial charge < -0.3 is 20.8 Å². The highest BCUT2D eigenvalue weighted by atomic mass is 16.3. The first-order valence-corrected chi connectivity index (χ1v) is 6.01. The van der Waals surface area contributed by atoms with Crippen LogP contribution in [0.1, 0.15) is 18.9 Å². The van der Waals surface area contributed by atoms with Gasteiger partial charge in [0.05, 0.1) is 18.8 Å². The van der Waals surface area contributed by atoms with Crippen molar-refractivity contribution in [3.63, 3.8) is 0 Å². The second-order valence-corrected chi connectivity index (χ2v) is 4.59. The van der Waals surface area contributed by atoms with E-state index in [0.717, 1.165) is 25.9 Å². The lowest BCUT2D eigenvalue weighted by molar-refractivity contribution is 0.0474. The SMILES string of the molecule is Nc1ccn(C2CCN(CC(O)CO)CC2)n1. The summed E-state index contributed by atoms with van der Waals surface area (Å²) >= 11 is 0. The number of likely N-dealkylation sites (tertiary alicyclic amines) is 1. The Bertz CT molecular complexity index is 347. The standard InChI is InChI=1S/C11H20N4O2/c12-11-3-6-15(13-11)9-1-4-14(5-2-9)7-10(17)8-16/h3,6,9-10,16-17H,1-2,4-5,7-8H2,(H2,12,13). The number of aliphatic hydroxyl groups is 2. The second-order valence-electron chi connectivity index (χ2n) is 4.59. The number of nitrogen functional groups attached to an aromatic ring is 1. The van der Waals surface area contributed by atoms with Gasteiger partial charge in [-0.2, -0.15) is 5.10 Å². The van der Waals surface area contributed by atoms with Crippen LogP contribution in [0.2, 0.25) is 0 Å². The summed E-state index contributed by atoms with van der Waals surface area (Å²) in [5.74, 6) is 0.558. The molecule has 0 amide bonds. The van der Waals surface area contributed by atoms with Gasteiger partial charge in [-0.3, -0.25) is 4.68 Å². The Balaban J connectivity index is 1.82. The molecule has 0 aromatic carbocycles. The molecular formula is C11H20N4O2. The summed E-state index contributed by atoms with van der Waals surface area (Å²) in [6.07, 6.45) is 3.28. The lowest BCUT2D eigenvalue weighted by atomic mass is 10.1. The van der Waals surface area contributed by atoms with Crippen molar-refractivity contribution in [2.75, 3.05) is 32.0 Å². The molecular weight excluding hydrogens is 220 g/mol. The molecule has 0 spiro atoms. The summed E-state index contributed by atoms with van der Waals surface area (Å²) in [6.45, 7) is 2.21. The van der Waals surface area contributed by atoms with E-state index in [9.17, 15) is 5.11 Å². The predicted octanol–water partition coefficient (Wildman–Crippen LogP) is -0.545. The Labute approximate surface area is 101 Å². The molecule has 1 aliphatic heterocycles. The molecule has 6 nitrogen and oxygen atoms in total. The first-order valence-electron chi connectivity index (χ1n) is 6.01. The number of aliphatic hydroxyl groups excluding tert-OH is 2. The van der Waals surface area contributed by atoms with E-state index in [1.165, 1.54) is 0 Å². The van der Waals surface area contributed by atoms with Gasteiger partial charge in [0.15, 0.2) is 0 Å². The van der Waals surface area contributed by atoms with E-state index in [0.29, 0.717) is 18.4 Å². The highest BCUT2D eigenvalue weighted by molar-refractivity contribution is 5.24. The van der Waals surface area contributed by atoms with Gasteiger partial charge in [-0.25, -0.2) is 0 Å². The minimum Gasteiger partial charge on any atom is -0.394 e. The minimum absolute atomic E-state index is 0.171. The number of hydrogen-bond acceptors (Lipinski definition) is 5. The van der Waals surface area contributed by atoms with Gasteiger partial charge in [-0.05, 0) is 18.9 Å². The molecule has 1 atom stereocenters. The monoisotopic (exact) mass is 240 g/mol. The van der Waals surface area contributed by atoms with Crippen molar-refractivity contribution >= 4 is 5.82 Å². The molecule has 1 aliphatic rings. The van der Waals surface area contributed by atoms with E-state index in [4.69, 9.17) is 10.8 Å². The van der Waals surface area contributed by atoms with Gasteiger partial charge in [0.25, 0.3) is 0 Å². The largest absolute Gasteiger partial charge is 0.394 e. The van der Waals surface area contributed by atoms with Crippen LogP contribution in [0.5, 0.6) is 0 Å². The zero-order valence-electron chi connectivity index (χ0n) is 9.87. The highest BCUT2D eigenvalue weighted by Crippen LogP contribution is 2.22. The summed E-state index contributed by atoms with van der Waals surface area (Å²) in [7, 11) is 0. The molecule has 1 fully saturated rings. The number of β-amino-alcohol motifs (C(OH)–C–C–N with tert-alkyl or cyclic N) is 1. The van der Waals surface area contributed by atoms with Crippen molar-refractivity contribution in [2.24, 2.45) is 0 Å². The van der Waals surface area contributed by atoms with Crippen LogP contribution in [0.15, 0.2) is 12.3 Å². The zero-order valence-corrected chi connectivity index (χ0v) is 9.87. The second kappa shape index (κ2) is 5.48. The number of anilines is 1. The van der Waals surface area contributed by atoms with Crippen LogP contribution in [0.25, 0.3) is 0 Å². The van der Waals surface area contributed by atoms with Crippen molar-refractivity contribution in [1.29, 1.82) is 0 Å². The van der Waals surface area contributed by atoms with Crippen LogP contribution in [-0.4, -0.2) is 57.2 Å². The Hall–Kier alpha value is -1.11. The number of aromatic nitrogens is 2. The Morgan fingerprint density at radius 3 is 2.71 bits per heavy atom. The van der Waals surface area contributed by atoms with Crippen molar-refractivity contribution in [1.82, 2.24) is 14.7 Å². The molecule has 4 N–H and O–H groups in total. The summed E-state index contributed by atoms with van der Waals surface area (Å²) in [4.78, 5) is 2.17. The van der Waals surface area contributed by atoms with Gasteiger partial charge in [0, 0.05) is 25.8 Å². The van der Waals surface area contributed by atoms with Gasteiger partial charge >= 0.3 is 0 Å². The summed E-state index contributed by atoms with van der Waals surface area (Å²) < 4.78 is 1.93. The number of hydrogen-bond donors (Lipinski definition) is 3. The molecule has 2 rings (SSSR count). The Kier molecular flexibility index (Phi) is 3.98. The van der Waals surface area contributed by atoms with Gasteiger partial charge in [0.2, 0.25) is 0 Å². The summed E-state index contributed by atoms with van der Waals surface area (Å²) in [6, 6.07) is 2.21. The first kappa shape index (κ1) is 12.3. The fourth-order valence-electron chi connectivity index (χ4n) is 2.28. The number of nitrogens with two attached hydrogens (primary N) is 1. The van der Waals surface area contributed by atoms with Crippen molar-refractivity contribution in [3.8, 4) is 0 Å². The first-order chi connectivity index (χ1) is 8.19. The average molecular weight is 240 g/mol. The van der Waals surface area contributed by atoms with Crippen molar-refractivity contribution in [2.45, 2.75) is 25.0 Å². The highest BCUT2D eigenvalue weighted by Gasteiger charge is 2.22. The molecule has 96 valence electrons. The van der Waals surface area contributed by atoms with Crippen molar-refractivity contribution in [3.05, 3.63) is 12.3 Å². The Morgan fingerprint density at radius 1 is 1.47 bits per heavy atom. The minimum atomic E-state index is -0.633. The van der Waals surface area contributed by atoms with E-state index < -0.39 is 6.10 Å². The third kappa shape index (κ3) is 3.18. The van der Waals surface area contributed by atoms with Gasteiger partial charge in [-0.15, -0.1) is 0 Å². The van der Waals surface area contributed by atoms with Crippen LogP contribution in [-0.2, 0) is 0 Å². The lowest BCUT2D eigenvalue weighted by Gasteiger charge is -2.32. The fraction of sp³-hybridized carbons (Fsp3) is 0.727. The maximum Gasteiger partial charge on any atom is 0.145 e. The third-order valence-corrected chi connectivity index (χ3v) is 3.24. The van der Waals surface area contributed by atoms with Crippen molar-refractivity contribution < 1.29 is 10.2 Å². The van der Waals surface area contributed by atoms with Crippen LogP contribution in [0.3, 0.4) is 0 Å². The smallest absolute Gasteiger partial charge is 0.145 e. The van der Waals surface area contributed by atoms with E-state index in [1.54, 1.807) is 0 Å². The number of rotatable bonds is 4. The number of nitrogens with zero attached hydrogens (tertiary/aromatic N) is 3. The molecule has 0 bridgehead atoms. The molecule has 1 saturated heterocycles. The van der Waals surface area contributed by atoms with Gasteiger partial charge in [-0.1, -0.05) is 0 Å². The summed E-state index contributed by atoms with van der Waals surface area (Å²) in [5, 5.41) is 22.4. The normalized spacial score (nSPS) is 20.6. The van der Waals surface area contributed by atoms with Crippen LogP contribution in [0.4, 0.5) is 5.82 Å². The van der Waals surface area contributed by atoms with E-state index >= 15 is 0 Å². The molecule has 1 unspecified atom stereocenters. The zero-order chi connectivity index (χ0) is 12.3. The van der Waals surface area contributed by atoms with E-state index in [-0.39, 0.29) is 6.61 Å². The molecule has 6 heteroatoms. The molecule has 0 aliphatic carbocycles. The molecule has 2 heterocycles. The lowest BCUT2D eigenvalue weighted by Crippen LogP contribution is -2.40. The van der Waals surface area contributed by atoms with Gasteiger partial charge in [0.1, 0.15) is 5.82 Å². The molecule has 1 aromatic heterocycles. The van der Waals surface area contributed by atoms with Crippen LogP contribution >= 0.6 is 0 Å². The fourth-order valence-corrected chi connectivity index (χ4v) is 2.28. The quantitative estimate of drug-likeness (QED) is 0.657. The maximum atomic E-state index is 9.37. The van der Waals surface area contributed by atoms with E-state index in [1.807, 2.05) is 16.9 Å². The van der Waals surface area contributed by atoms with E-state index in [2.05, 4.69) is 10.00 Å². The molecule has 0 saturated carbocycles. The predicted molar refractivity (Wildman–Crippen MR) is 64.4 cm³/mol. The Morgan fingerprint density at radius 2 is 2.18 bits per heavy atom. The molecule has 0 radical (unpaired) electrons. The average Bonchev–Trinajstić information content (AvgIpc) is 2.77. The van der Waals surface area contributed by atoms with Crippen LogP contribution in [0, 0.1) is 0 Å². The maximum absolute atomic E-state index is 9.37. The third-order valence-electron chi connectivity index (χ3n) is 3.24. The molecule has 17 heavy (non-hydrogen) atoms. The van der Waals surface area contributed by atoms with Crippen LogP contribution < -0.4 is 5.73 Å².